The number of nitrogens with one attached hydrogen (secondary N) is 1. The molecule has 1 aromatic rings. The normalized spacial score (nSPS) is 12.5. The van der Waals surface area contributed by atoms with E-state index >= 15 is 0 Å². The summed E-state index contributed by atoms with van der Waals surface area (Å²) in [5.41, 5.74) is 0.876. The van der Waals surface area contributed by atoms with E-state index in [4.69, 9.17) is 4.42 Å². The summed E-state index contributed by atoms with van der Waals surface area (Å²) in [5, 5.41) is 3.84. The van der Waals surface area contributed by atoms with Crippen molar-refractivity contribution in [2.24, 2.45) is 0 Å². The summed E-state index contributed by atoms with van der Waals surface area (Å²) < 4.78 is 5.13. The first-order valence-corrected chi connectivity index (χ1v) is 6.22. The Balaban J connectivity index is 2.58. The van der Waals surface area contributed by atoms with Crippen LogP contribution in [0.5, 0.6) is 0 Å². The first kappa shape index (κ1) is 12.3. The zero-order valence-corrected chi connectivity index (χ0v) is 10.6. The van der Waals surface area contributed by atoms with Gasteiger partial charge in [-0.15, -0.1) is 0 Å². The molecule has 1 aromatic heterocycles. The predicted octanol–water partition coefficient (Wildman–Crippen LogP) is 2.88. The molecule has 0 aliphatic heterocycles. The Labute approximate surface area is 98.4 Å². The smallest absolute Gasteiger partial charge is 0.287 e. The van der Waals surface area contributed by atoms with E-state index in [9.17, 15) is 4.79 Å². The van der Waals surface area contributed by atoms with E-state index in [-0.39, 0.29) is 11.9 Å². The quantitative estimate of drug-likeness (QED) is 0.839. The highest BCUT2D eigenvalue weighted by molar-refractivity contribution is 9.09. The van der Waals surface area contributed by atoms with Crippen LogP contribution in [0.1, 0.15) is 35.9 Å². The monoisotopic (exact) mass is 273 g/mol. The van der Waals surface area contributed by atoms with E-state index in [2.05, 4.69) is 28.2 Å². The first-order chi connectivity index (χ1) is 7.19. The third kappa shape index (κ3) is 3.38. The fourth-order valence-electron chi connectivity index (χ4n) is 1.37. The second-order valence-electron chi connectivity index (χ2n) is 3.49. The maximum Gasteiger partial charge on any atom is 0.287 e. The molecule has 1 amide bonds. The molecule has 0 aromatic carbocycles. The third-order valence-electron chi connectivity index (χ3n) is 2.35. The number of carbonyl (C=O) groups excluding carboxylic acids is 1. The van der Waals surface area contributed by atoms with E-state index in [1.807, 2.05) is 6.92 Å². The highest BCUT2D eigenvalue weighted by Crippen LogP contribution is 2.10. The number of rotatable bonds is 5. The lowest BCUT2D eigenvalue weighted by Gasteiger charge is -2.14. The minimum atomic E-state index is -0.120. The van der Waals surface area contributed by atoms with E-state index < -0.39 is 0 Å². The molecule has 3 nitrogen and oxygen atoms in total. The molecule has 0 saturated heterocycles. The number of alkyl halides is 1. The van der Waals surface area contributed by atoms with Crippen LogP contribution in [0, 0.1) is 6.92 Å². The summed E-state index contributed by atoms with van der Waals surface area (Å²) >= 11 is 3.37. The fraction of sp³-hybridized carbons (Fsp3) is 0.545. The molecule has 0 aliphatic carbocycles. The van der Waals surface area contributed by atoms with Gasteiger partial charge in [0.1, 0.15) is 0 Å². The Kier molecular flexibility index (Phi) is 4.88. The van der Waals surface area contributed by atoms with Gasteiger partial charge in [0.25, 0.3) is 5.91 Å². The van der Waals surface area contributed by atoms with Crippen molar-refractivity contribution in [3.05, 3.63) is 23.7 Å². The Morgan fingerprint density at radius 2 is 2.40 bits per heavy atom. The number of carbonyl (C=O) groups is 1. The molecule has 1 atom stereocenters. The molecule has 15 heavy (non-hydrogen) atoms. The van der Waals surface area contributed by atoms with Gasteiger partial charge in [-0.3, -0.25) is 4.79 Å². The van der Waals surface area contributed by atoms with Crippen molar-refractivity contribution in [2.75, 3.05) is 5.33 Å². The van der Waals surface area contributed by atoms with Crippen LogP contribution in [0.4, 0.5) is 0 Å². The molecule has 4 heteroatoms. The summed E-state index contributed by atoms with van der Waals surface area (Å²) in [4.78, 5) is 11.8. The fourth-order valence-corrected chi connectivity index (χ4v) is 1.92. The molecule has 0 fully saturated rings. The van der Waals surface area contributed by atoms with Crippen molar-refractivity contribution in [1.29, 1.82) is 0 Å². The van der Waals surface area contributed by atoms with Gasteiger partial charge in [0, 0.05) is 16.9 Å². The molecule has 0 aliphatic rings. The maximum absolute atomic E-state index is 11.8. The van der Waals surface area contributed by atoms with Gasteiger partial charge in [-0.1, -0.05) is 22.9 Å². The molecule has 1 N–H and O–H groups in total. The summed E-state index contributed by atoms with van der Waals surface area (Å²) in [5.74, 6) is 0.299. The van der Waals surface area contributed by atoms with Crippen LogP contribution < -0.4 is 5.32 Å². The first-order valence-electron chi connectivity index (χ1n) is 5.10. The van der Waals surface area contributed by atoms with E-state index in [0.717, 1.165) is 23.7 Å². The molecule has 84 valence electrons. The van der Waals surface area contributed by atoms with Crippen LogP contribution in [0.25, 0.3) is 0 Å². The topological polar surface area (TPSA) is 42.2 Å². The number of hydrogen-bond acceptors (Lipinski definition) is 2. The number of furan rings is 1. The molecule has 0 spiro atoms. The van der Waals surface area contributed by atoms with Gasteiger partial charge in [0.05, 0.1) is 6.26 Å². The van der Waals surface area contributed by atoms with Crippen molar-refractivity contribution >= 4 is 21.8 Å². The van der Waals surface area contributed by atoms with Crippen LogP contribution in [0.3, 0.4) is 0 Å². The minimum Gasteiger partial charge on any atom is -0.459 e. The van der Waals surface area contributed by atoms with E-state index in [0.29, 0.717) is 5.76 Å². The Morgan fingerprint density at radius 1 is 1.67 bits per heavy atom. The number of aryl methyl sites for hydroxylation is 1. The highest BCUT2D eigenvalue weighted by Gasteiger charge is 2.15. The van der Waals surface area contributed by atoms with E-state index in [1.165, 1.54) is 6.26 Å². The van der Waals surface area contributed by atoms with Gasteiger partial charge in [0.2, 0.25) is 0 Å². The Morgan fingerprint density at radius 3 is 2.87 bits per heavy atom. The molecule has 1 rings (SSSR count). The van der Waals surface area contributed by atoms with Crippen molar-refractivity contribution in [3.8, 4) is 0 Å². The summed E-state index contributed by atoms with van der Waals surface area (Å²) in [7, 11) is 0. The number of amides is 1. The van der Waals surface area contributed by atoms with Gasteiger partial charge >= 0.3 is 0 Å². The highest BCUT2D eigenvalue weighted by atomic mass is 79.9. The second-order valence-corrected chi connectivity index (χ2v) is 4.28. The second kappa shape index (κ2) is 5.95. The largest absolute Gasteiger partial charge is 0.459 e. The van der Waals surface area contributed by atoms with Gasteiger partial charge in [0.15, 0.2) is 5.76 Å². The van der Waals surface area contributed by atoms with Crippen LogP contribution in [0.2, 0.25) is 0 Å². The lowest BCUT2D eigenvalue weighted by atomic mass is 10.1. The lowest BCUT2D eigenvalue weighted by molar-refractivity contribution is 0.0906. The average Bonchev–Trinajstić information content (AvgIpc) is 2.63. The third-order valence-corrected chi connectivity index (χ3v) is 2.81. The van der Waals surface area contributed by atoms with Crippen molar-refractivity contribution in [2.45, 2.75) is 32.7 Å². The standard InChI is InChI=1S/C11H16BrNO2/c1-3-9(4-6-12)13-11(14)10-8(2)5-7-15-10/h5,7,9H,3-4,6H2,1-2H3,(H,13,14). The Bertz CT molecular complexity index is 322. The summed E-state index contributed by atoms with van der Waals surface area (Å²) in [6, 6.07) is 2.00. The van der Waals surface area contributed by atoms with Crippen LogP contribution in [-0.2, 0) is 0 Å². The predicted molar refractivity (Wildman–Crippen MR) is 63.4 cm³/mol. The Hall–Kier alpha value is -0.770. The minimum absolute atomic E-state index is 0.120. The summed E-state index contributed by atoms with van der Waals surface area (Å²) in [6.45, 7) is 3.92. The van der Waals surface area contributed by atoms with E-state index in [1.54, 1.807) is 6.07 Å². The number of halogens is 1. The van der Waals surface area contributed by atoms with Gasteiger partial charge in [-0.25, -0.2) is 0 Å². The number of hydrogen-bond donors (Lipinski definition) is 1. The molecule has 0 saturated carbocycles. The van der Waals surface area contributed by atoms with Crippen LogP contribution in [0.15, 0.2) is 16.7 Å². The van der Waals surface area contributed by atoms with Gasteiger partial charge in [-0.05, 0) is 25.8 Å². The lowest BCUT2D eigenvalue weighted by Crippen LogP contribution is -2.34. The molecule has 0 radical (unpaired) electrons. The zero-order valence-electron chi connectivity index (χ0n) is 9.05. The molecule has 0 bridgehead atoms. The van der Waals surface area contributed by atoms with Gasteiger partial charge in [-0.2, -0.15) is 0 Å². The molecule has 1 heterocycles. The van der Waals surface area contributed by atoms with Crippen molar-refractivity contribution in [1.82, 2.24) is 5.32 Å². The molecular formula is C11H16BrNO2. The average molecular weight is 274 g/mol. The van der Waals surface area contributed by atoms with Crippen molar-refractivity contribution in [3.63, 3.8) is 0 Å². The van der Waals surface area contributed by atoms with Crippen LogP contribution in [-0.4, -0.2) is 17.3 Å². The molecular weight excluding hydrogens is 258 g/mol. The summed E-state index contributed by atoms with van der Waals surface area (Å²) in [6.07, 6.45) is 3.40. The molecule has 1 unspecified atom stereocenters. The van der Waals surface area contributed by atoms with Crippen LogP contribution >= 0.6 is 15.9 Å². The SMILES string of the molecule is CCC(CCBr)NC(=O)c1occc1C. The van der Waals surface area contributed by atoms with Crippen molar-refractivity contribution < 1.29 is 9.21 Å². The zero-order chi connectivity index (χ0) is 11.3. The maximum atomic E-state index is 11.8. The van der Waals surface area contributed by atoms with Gasteiger partial charge < -0.3 is 9.73 Å².